The number of halogens is 1. The minimum Gasteiger partial charge on any atom is -0.484 e. The molecule has 0 aromatic heterocycles. The summed E-state index contributed by atoms with van der Waals surface area (Å²) < 4.78 is 18.7. The van der Waals surface area contributed by atoms with Gasteiger partial charge in [-0.05, 0) is 36.2 Å². The number of carbonyl (C=O) groups excluding carboxylic acids is 2. The second kappa shape index (κ2) is 9.45. The van der Waals surface area contributed by atoms with Crippen molar-refractivity contribution in [1.29, 1.82) is 0 Å². The minimum atomic E-state index is -1.04. The molecule has 148 valence electrons. The number of nitro benzene ring substituents is 1. The fourth-order valence-electron chi connectivity index (χ4n) is 2.29. The quantitative estimate of drug-likeness (QED) is 0.528. The second-order valence-electron chi connectivity index (χ2n) is 6.43. The van der Waals surface area contributed by atoms with E-state index in [9.17, 15) is 24.1 Å². The van der Waals surface area contributed by atoms with Crippen molar-refractivity contribution in [2.75, 3.05) is 17.2 Å². The Hall–Kier alpha value is -3.49. The van der Waals surface area contributed by atoms with E-state index in [0.717, 1.165) is 12.1 Å². The highest BCUT2D eigenvalue weighted by Crippen LogP contribution is 2.22. The molecule has 2 aromatic rings. The Morgan fingerprint density at radius 2 is 1.64 bits per heavy atom. The molecule has 0 saturated heterocycles. The molecule has 0 heterocycles. The van der Waals surface area contributed by atoms with Crippen molar-refractivity contribution in [3.05, 3.63) is 58.4 Å². The van der Waals surface area contributed by atoms with Crippen LogP contribution >= 0.6 is 0 Å². The van der Waals surface area contributed by atoms with Gasteiger partial charge in [0.25, 0.3) is 5.91 Å². The molecule has 0 aliphatic rings. The highest BCUT2D eigenvalue weighted by Gasteiger charge is 2.15. The van der Waals surface area contributed by atoms with Gasteiger partial charge in [0.1, 0.15) is 5.75 Å². The van der Waals surface area contributed by atoms with Crippen molar-refractivity contribution in [2.24, 2.45) is 5.92 Å². The number of hydrogen-bond donors (Lipinski definition) is 2. The number of amides is 2. The molecule has 0 aliphatic heterocycles. The Bertz CT molecular complexity index is 868. The maximum atomic E-state index is 13.5. The van der Waals surface area contributed by atoms with E-state index in [1.807, 2.05) is 13.8 Å². The summed E-state index contributed by atoms with van der Waals surface area (Å²) in [5, 5.41) is 15.9. The monoisotopic (exact) mass is 389 g/mol. The zero-order valence-electron chi connectivity index (χ0n) is 15.4. The van der Waals surface area contributed by atoms with Gasteiger partial charge in [0.05, 0.1) is 4.92 Å². The van der Waals surface area contributed by atoms with Crippen LogP contribution in [0.25, 0.3) is 0 Å². The first kappa shape index (κ1) is 20.8. The van der Waals surface area contributed by atoms with Gasteiger partial charge >= 0.3 is 5.69 Å². The van der Waals surface area contributed by atoms with E-state index in [1.54, 1.807) is 24.3 Å². The van der Waals surface area contributed by atoms with Crippen LogP contribution in [0.4, 0.5) is 21.5 Å². The first-order chi connectivity index (χ1) is 13.2. The molecule has 28 heavy (non-hydrogen) atoms. The van der Waals surface area contributed by atoms with E-state index in [0.29, 0.717) is 17.8 Å². The number of rotatable bonds is 8. The number of ether oxygens (including phenoxy) is 1. The zero-order chi connectivity index (χ0) is 20.7. The van der Waals surface area contributed by atoms with E-state index in [4.69, 9.17) is 4.74 Å². The Morgan fingerprint density at radius 3 is 2.14 bits per heavy atom. The van der Waals surface area contributed by atoms with Gasteiger partial charge in [-0.1, -0.05) is 13.8 Å². The predicted molar refractivity (Wildman–Crippen MR) is 102 cm³/mol. The summed E-state index contributed by atoms with van der Waals surface area (Å²) in [6.45, 7) is 3.50. The maximum absolute atomic E-state index is 13.5. The Kier molecular flexibility index (Phi) is 7.02. The molecule has 2 aromatic carbocycles. The summed E-state index contributed by atoms with van der Waals surface area (Å²) in [6, 6.07) is 9.57. The molecule has 0 fully saturated rings. The standard InChI is InChI=1S/C19H20FN3O5/c1-12(2)9-18(24)21-13-3-5-14(6-4-13)22-19(25)11-28-15-7-8-17(23(26)27)16(20)10-15/h3-8,10,12H,9,11H2,1-2H3,(H,21,24)(H,22,25). The molecule has 0 aliphatic carbocycles. The Labute approximate surface area is 160 Å². The van der Waals surface area contributed by atoms with E-state index in [-0.39, 0.29) is 17.6 Å². The third kappa shape index (κ3) is 6.35. The van der Waals surface area contributed by atoms with Gasteiger partial charge < -0.3 is 15.4 Å². The SMILES string of the molecule is CC(C)CC(=O)Nc1ccc(NC(=O)COc2ccc([N+](=O)[O-])c(F)c2)cc1. The lowest BCUT2D eigenvalue weighted by Gasteiger charge is -2.10. The van der Waals surface area contributed by atoms with Crippen molar-refractivity contribution >= 4 is 28.9 Å². The number of nitro groups is 1. The van der Waals surface area contributed by atoms with E-state index in [1.165, 1.54) is 6.07 Å². The molecule has 0 bridgehead atoms. The summed E-state index contributed by atoms with van der Waals surface area (Å²) in [5.74, 6) is -1.37. The summed E-state index contributed by atoms with van der Waals surface area (Å²) >= 11 is 0. The van der Waals surface area contributed by atoms with Gasteiger partial charge in [-0.25, -0.2) is 0 Å². The average molecular weight is 389 g/mol. The third-order valence-electron chi connectivity index (χ3n) is 3.53. The van der Waals surface area contributed by atoms with Gasteiger partial charge in [0.15, 0.2) is 6.61 Å². The summed E-state index contributed by atoms with van der Waals surface area (Å²) in [5.41, 5.74) is 0.434. The molecule has 0 atom stereocenters. The topological polar surface area (TPSA) is 111 Å². The lowest BCUT2D eigenvalue weighted by molar-refractivity contribution is -0.387. The van der Waals surface area contributed by atoms with E-state index in [2.05, 4.69) is 10.6 Å². The molecule has 9 heteroatoms. The molecular formula is C19H20FN3O5. The van der Waals surface area contributed by atoms with Gasteiger partial charge in [0, 0.05) is 29.9 Å². The number of anilines is 2. The van der Waals surface area contributed by atoms with Gasteiger partial charge in [0.2, 0.25) is 11.7 Å². The Morgan fingerprint density at radius 1 is 1.07 bits per heavy atom. The van der Waals surface area contributed by atoms with Crippen LogP contribution in [0.15, 0.2) is 42.5 Å². The third-order valence-corrected chi connectivity index (χ3v) is 3.53. The van der Waals surface area contributed by atoms with Crippen LogP contribution in [0.2, 0.25) is 0 Å². The van der Waals surface area contributed by atoms with Crippen LogP contribution in [0.5, 0.6) is 5.75 Å². The largest absolute Gasteiger partial charge is 0.484 e. The number of benzene rings is 2. The number of nitrogens with zero attached hydrogens (tertiary/aromatic N) is 1. The average Bonchev–Trinajstić information content (AvgIpc) is 2.60. The van der Waals surface area contributed by atoms with Crippen LogP contribution < -0.4 is 15.4 Å². The molecule has 2 rings (SSSR count). The normalized spacial score (nSPS) is 10.4. The molecule has 0 saturated carbocycles. The molecule has 0 radical (unpaired) electrons. The van der Waals surface area contributed by atoms with Crippen molar-refractivity contribution in [1.82, 2.24) is 0 Å². The van der Waals surface area contributed by atoms with Crippen LogP contribution in [0.1, 0.15) is 20.3 Å². The zero-order valence-corrected chi connectivity index (χ0v) is 15.4. The van der Waals surface area contributed by atoms with Crippen molar-refractivity contribution in [3.63, 3.8) is 0 Å². The summed E-state index contributed by atoms with van der Waals surface area (Å²) in [7, 11) is 0. The smallest absolute Gasteiger partial charge is 0.305 e. The van der Waals surface area contributed by atoms with E-state index < -0.39 is 28.9 Å². The fraction of sp³-hybridized carbons (Fsp3) is 0.263. The molecule has 2 amide bonds. The number of hydrogen-bond acceptors (Lipinski definition) is 5. The lowest BCUT2D eigenvalue weighted by atomic mass is 10.1. The Balaban J connectivity index is 1.85. The van der Waals surface area contributed by atoms with Gasteiger partial charge in [-0.3, -0.25) is 19.7 Å². The molecule has 0 spiro atoms. The molecular weight excluding hydrogens is 369 g/mol. The highest BCUT2D eigenvalue weighted by atomic mass is 19.1. The van der Waals surface area contributed by atoms with Crippen LogP contribution in [-0.2, 0) is 9.59 Å². The summed E-state index contributed by atoms with van der Waals surface area (Å²) in [6.07, 6.45) is 0.416. The van der Waals surface area contributed by atoms with E-state index >= 15 is 0 Å². The van der Waals surface area contributed by atoms with Crippen LogP contribution in [-0.4, -0.2) is 23.3 Å². The summed E-state index contributed by atoms with van der Waals surface area (Å²) in [4.78, 5) is 33.4. The first-order valence-corrected chi connectivity index (χ1v) is 8.51. The molecule has 2 N–H and O–H groups in total. The van der Waals surface area contributed by atoms with Crippen molar-refractivity contribution in [2.45, 2.75) is 20.3 Å². The minimum absolute atomic E-state index is 0.00135. The lowest BCUT2D eigenvalue weighted by Crippen LogP contribution is -2.20. The fourth-order valence-corrected chi connectivity index (χ4v) is 2.29. The highest BCUT2D eigenvalue weighted by molar-refractivity contribution is 5.93. The number of nitrogens with one attached hydrogen (secondary N) is 2. The van der Waals surface area contributed by atoms with Gasteiger partial charge in [-0.15, -0.1) is 0 Å². The molecule has 0 unspecified atom stereocenters. The van der Waals surface area contributed by atoms with Crippen LogP contribution in [0.3, 0.4) is 0 Å². The maximum Gasteiger partial charge on any atom is 0.305 e. The predicted octanol–water partition coefficient (Wildman–Crippen LogP) is 3.74. The first-order valence-electron chi connectivity index (χ1n) is 8.51. The number of carbonyl (C=O) groups is 2. The van der Waals surface area contributed by atoms with Crippen molar-refractivity contribution < 1.29 is 23.6 Å². The van der Waals surface area contributed by atoms with Gasteiger partial charge in [-0.2, -0.15) is 4.39 Å². The van der Waals surface area contributed by atoms with Crippen LogP contribution in [0, 0.1) is 21.8 Å². The molecule has 8 nitrogen and oxygen atoms in total. The van der Waals surface area contributed by atoms with Crippen molar-refractivity contribution in [3.8, 4) is 5.75 Å². The second-order valence-corrected chi connectivity index (χ2v) is 6.43.